The van der Waals surface area contributed by atoms with Crippen molar-refractivity contribution in [1.29, 1.82) is 0 Å². The first-order valence-corrected chi connectivity index (χ1v) is 8.91. The van der Waals surface area contributed by atoms with Gasteiger partial charge in [0.2, 0.25) is 0 Å². The lowest BCUT2D eigenvalue weighted by Gasteiger charge is -2.23. The van der Waals surface area contributed by atoms with Crippen molar-refractivity contribution in [3.63, 3.8) is 0 Å². The van der Waals surface area contributed by atoms with Crippen molar-refractivity contribution in [1.82, 2.24) is 10.3 Å². The normalized spacial score (nSPS) is 12.2. The topological polar surface area (TPSA) is 97.8 Å². The van der Waals surface area contributed by atoms with Crippen LogP contribution in [0.4, 0.5) is 4.79 Å². The van der Waals surface area contributed by atoms with Crippen LogP contribution >= 0.6 is 0 Å². The molecule has 0 aliphatic rings. The van der Waals surface area contributed by atoms with E-state index in [0.717, 1.165) is 5.56 Å². The Balaban J connectivity index is 2.38. The maximum atomic E-state index is 12.2. The molecule has 150 valence electrons. The zero-order chi connectivity index (χ0) is 20.9. The lowest BCUT2D eigenvalue weighted by molar-refractivity contribution is -0.141. The first-order chi connectivity index (χ1) is 13.1. The van der Waals surface area contributed by atoms with Gasteiger partial charge in [0.15, 0.2) is 0 Å². The maximum Gasteiger partial charge on any atom is 0.408 e. The van der Waals surface area contributed by atoms with Gasteiger partial charge in [-0.15, -0.1) is 0 Å². The zero-order valence-electron chi connectivity index (χ0n) is 16.8. The second-order valence-corrected chi connectivity index (χ2v) is 7.46. The molecule has 0 aliphatic carbocycles. The van der Waals surface area contributed by atoms with E-state index in [1.165, 1.54) is 7.11 Å². The standard InChI is InChI=1S/C21H26N2O5/c1-13-7-6-8-17(24)19(13)15-9-14(11-22-12-15)16(10-18(25)27-5)23-20(26)28-21(2,3)4/h6-9,11-12,16,24H,10H2,1-5H3,(H,23,26). The number of pyridine rings is 1. The van der Waals surface area contributed by atoms with Crippen LogP contribution in [0, 0.1) is 6.92 Å². The van der Waals surface area contributed by atoms with Crippen molar-refractivity contribution in [3.05, 3.63) is 47.8 Å². The van der Waals surface area contributed by atoms with E-state index in [1.54, 1.807) is 51.4 Å². The molecule has 0 radical (unpaired) electrons. The molecule has 0 aliphatic heterocycles. The number of aromatic hydroxyl groups is 1. The van der Waals surface area contributed by atoms with E-state index in [1.807, 2.05) is 13.0 Å². The summed E-state index contributed by atoms with van der Waals surface area (Å²) in [7, 11) is 1.28. The van der Waals surface area contributed by atoms with E-state index >= 15 is 0 Å². The van der Waals surface area contributed by atoms with Crippen LogP contribution in [0.5, 0.6) is 5.75 Å². The first-order valence-electron chi connectivity index (χ1n) is 8.91. The number of nitrogens with one attached hydrogen (secondary N) is 1. The van der Waals surface area contributed by atoms with Gasteiger partial charge in [0.1, 0.15) is 11.4 Å². The van der Waals surface area contributed by atoms with Gasteiger partial charge < -0.3 is 19.9 Å². The highest BCUT2D eigenvalue weighted by molar-refractivity contribution is 5.75. The Morgan fingerprint density at radius 2 is 1.96 bits per heavy atom. The highest BCUT2D eigenvalue weighted by Gasteiger charge is 2.24. The first kappa shape index (κ1) is 21.2. The quantitative estimate of drug-likeness (QED) is 0.757. The number of phenolic OH excluding ortho intramolecular Hbond substituents is 1. The zero-order valence-corrected chi connectivity index (χ0v) is 16.8. The van der Waals surface area contributed by atoms with E-state index in [9.17, 15) is 14.7 Å². The number of carbonyl (C=O) groups is 2. The predicted octanol–water partition coefficient (Wildman–Crippen LogP) is 3.89. The van der Waals surface area contributed by atoms with Crippen LogP contribution in [-0.2, 0) is 14.3 Å². The maximum absolute atomic E-state index is 12.2. The molecule has 28 heavy (non-hydrogen) atoms. The molecule has 1 heterocycles. The largest absolute Gasteiger partial charge is 0.507 e. The molecule has 2 N–H and O–H groups in total. The number of alkyl carbamates (subject to hydrolysis) is 1. The third-order valence-corrected chi connectivity index (χ3v) is 3.99. The summed E-state index contributed by atoms with van der Waals surface area (Å²) in [6.07, 6.45) is 2.45. The molecule has 1 aromatic carbocycles. The van der Waals surface area contributed by atoms with Crippen molar-refractivity contribution in [2.45, 2.75) is 45.8 Å². The average Bonchev–Trinajstić information content (AvgIpc) is 2.59. The number of aromatic nitrogens is 1. The Labute approximate surface area is 164 Å². The Morgan fingerprint density at radius 1 is 1.25 bits per heavy atom. The Hall–Kier alpha value is -3.09. The number of aryl methyl sites for hydroxylation is 1. The fraction of sp³-hybridized carbons (Fsp3) is 0.381. The molecule has 1 aromatic heterocycles. The van der Waals surface area contributed by atoms with Gasteiger partial charge in [-0.1, -0.05) is 12.1 Å². The highest BCUT2D eigenvalue weighted by Crippen LogP contribution is 2.33. The van der Waals surface area contributed by atoms with Crippen molar-refractivity contribution in [2.24, 2.45) is 0 Å². The molecule has 7 heteroatoms. The number of esters is 1. The molecule has 0 saturated heterocycles. The molecule has 1 amide bonds. The predicted molar refractivity (Wildman–Crippen MR) is 105 cm³/mol. The van der Waals surface area contributed by atoms with E-state index in [4.69, 9.17) is 9.47 Å². The third kappa shape index (κ3) is 5.70. The van der Waals surface area contributed by atoms with Crippen LogP contribution in [0.3, 0.4) is 0 Å². The minimum atomic E-state index is -0.694. The van der Waals surface area contributed by atoms with Crippen LogP contribution in [0.2, 0.25) is 0 Å². The average molecular weight is 386 g/mol. The smallest absolute Gasteiger partial charge is 0.408 e. The summed E-state index contributed by atoms with van der Waals surface area (Å²) in [5.74, 6) is -0.353. The van der Waals surface area contributed by atoms with Gasteiger partial charge in [-0.05, 0) is 51.0 Å². The summed E-state index contributed by atoms with van der Waals surface area (Å²) in [5, 5.41) is 12.9. The summed E-state index contributed by atoms with van der Waals surface area (Å²) in [5.41, 5.74) is 2.12. The number of amides is 1. The molecular formula is C21H26N2O5. The molecule has 2 aromatic rings. The number of benzene rings is 1. The van der Waals surface area contributed by atoms with E-state index < -0.39 is 23.7 Å². The number of hydrogen-bond donors (Lipinski definition) is 2. The molecule has 0 bridgehead atoms. The second-order valence-electron chi connectivity index (χ2n) is 7.46. The molecule has 0 fully saturated rings. The summed E-state index contributed by atoms with van der Waals surface area (Å²) in [4.78, 5) is 28.3. The van der Waals surface area contributed by atoms with Crippen LogP contribution in [-0.4, -0.2) is 34.9 Å². The summed E-state index contributed by atoms with van der Waals surface area (Å²) >= 11 is 0. The van der Waals surface area contributed by atoms with Gasteiger partial charge >= 0.3 is 12.1 Å². The number of carbonyl (C=O) groups excluding carboxylic acids is 2. The van der Waals surface area contributed by atoms with Gasteiger partial charge in [0, 0.05) is 23.5 Å². The van der Waals surface area contributed by atoms with Crippen LogP contribution in [0.15, 0.2) is 36.7 Å². The van der Waals surface area contributed by atoms with E-state index in [2.05, 4.69) is 10.3 Å². The fourth-order valence-electron chi connectivity index (χ4n) is 2.76. The molecule has 1 atom stereocenters. The molecule has 7 nitrogen and oxygen atoms in total. The summed E-state index contributed by atoms with van der Waals surface area (Å²) in [6.45, 7) is 7.15. The molecule has 1 unspecified atom stereocenters. The lowest BCUT2D eigenvalue weighted by atomic mass is 9.97. The van der Waals surface area contributed by atoms with E-state index in [-0.39, 0.29) is 12.2 Å². The highest BCUT2D eigenvalue weighted by atomic mass is 16.6. The number of ether oxygens (including phenoxy) is 2. The van der Waals surface area contributed by atoms with Gasteiger partial charge in [0.05, 0.1) is 19.6 Å². The SMILES string of the molecule is COC(=O)CC(NC(=O)OC(C)(C)C)c1cncc(-c2c(C)cccc2O)c1. The Morgan fingerprint density at radius 3 is 2.57 bits per heavy atom. The minimum absolute atomic E-state index is 0.0827. The van der Waals surface area contributed by atoms with Crippen molar-refractivity contribution in [3.8, 4) is 16.9 Å². The van der Waals surface area contributed by atoms with Crippen molar-refractivity contribution in [2.75, 3.05) is 7.11 Å². The number of rotatable bonds is 5. The van der Waals surface area contributed by atoms with Gasteiger partial charge in [-0.2, -0.15) is 0 Å². The minimum Gasteiger partial charge on any atom is -0.507 e. The van der Waals surface area contributed by atoms with Crippen molar-refractivity contribution < 1.29 is 24.2 Å². The van der Waals surface area contributed by atoms with E-state index in [0.29, 0.717) is 16.7 Å². The Kier molecular flexibility index (Phi) is 6.62. The summed E-state index contributed by atoms with van der Waals surface area (Å²) < 4.78 is 10.0. The number of phenols is 1. The van der Waals surface area contributed by atoms with Crippen LogP contribution in [0.1, 0.15) is 44.4 Å². The van der Waals surface area contributed by atoms with Crippen molar-refractivity contribution >= 4 is 12.1 Å². The molecular weight excluding hydrogens is 360 g/mol. The third-order valence-electron chi connectivity index (χ3n) is 3.99. The van der Waals surface area contributed by atoms with Crippen LogP contribution in [0.25, 0.3) is 11.1 Å². The van der Waals surface area contributed by atoms with Gasteiger partial charge in [-0.3, -0.25) is 9.78 Å². The Bertz CT molecular complexity index is 838. The molecule has 2 rings (SSSR count). The lowest BCUT2D eigenvalue weighted by Crippen LogP contribution is -2.36. The second kappa shape index (κ2) is 8.73. The number of nitrogens with zero attached hydrogens (tertiary/aromatic N) is 1. The van der Waals surface area contributed by atoms with Gasteiger partial charge in [-0.25, -0.2) is 4.79 Å². The summed E-state index contributed by atoms with van der Waals surface area (Å²) in [6, 6.07) is 6.32. The number of methoxy groups -OCH3 is 1. The number of hydrogen-bond acceptors (Lipinski definition) is 6. The fourth-order valence-corrected chi connectivity index (χ4v) is 2.76. The molecule has 0 saturated carbocycles. The van der Waals surface area contributed by atoms with Crippen LogP contribution < -0.4 is 5.32 Å². The monoisotopic (exact) mass is 386 g/mol. The van der Waals surface area contributed by atoms with Gasteiger partial charge in [0.25, 0.3) is 0 Å². The molecule has 0 spiro atoms.